The molecule has 1 aromatic rings. The Hall–Kier alpha value is -1.12. The Bertz CT molecular complexity index is 601. The molecule has 1 aliphatic rings. The van der Waals surface area contributed by atoms with Crippen molar-refractivity contribution in [2.24, 2.45) is 0 Å². The van der Waals surface area contributed by atoms with Crippen LogP contribution in [0.4, 0.5) is 0 Å². The molecule has 118 valence electrons. The largest absolute Gasteiger partial charge is 0.383 e. The number of methoxy groups -OCH3 is 1. The van der Waals surface area contributed by atoms with Gasteiger partial charge in [0.15, 0.2) is 9.84 Å². The molecule has 0 aromatic carbocycles. The van der Waals surface area contributed by atoms with Gasteiger partial charge in [0.25, 0.3) is 0 Å². The van der Waals surface area contributed by atoms with Gasteiger partial charge in [-0.25, -0.2) is 13.4 Å². The highest BCUT2D eigenvalue weighted by atomic mass is 35.5. The van der Waals surface area contributed by atoms with E-state index < -0.39 is 9.84 Å². The fourth-order valence-electron chi connectivity index (χ4n) is 2.39. The van der Waals surface area contributed by atoms with E-state index in [1.807, 2.05) is 0 Å². The molecule has 0 aliphatic carbocycles. The van der Waals surface area contributed by atoms with Crippen molar-refractivity contribution in [3.05, 3.63) is 17.7 Å². The van der Waals surface area contributed by atoms with E-state index in [2.05, 4.69) is 4.98 Å². The van der Waals surface area contributed by atoms with Crippen molar-refractivity contribution in [1.29, 1.82) is 0 Å². The van der Waals surface area contributed by atoms with Crippen LogP contribution in [0.5, 0.6) is 0 Å². The number of carbonyl (C=O) groups excluding carboxylic acids is 1. The van der Waals surface area contributed by atoms with Gasteiger partial charge in [0.1, 0.15) is 6.54 Å². The molecular formula is C12H18ClN3O4S. The van der Waals surface area contributed by atoms with E-state index in [4.69, 9.17) is 16.3 Å². The normalized spacial score (nSPS) is 20.6. The van der Waals surface area contributed by atoms with Gasteiger partial charge >= 0.3 is 0 Å². The van der Waals surface area contributed by atoms with E-state index in [1.54, 1.807) is 18.2 Å². The zero-order valence-electron chi connectivity index (χ0n) is 11.7. The lowest BCUT2D eigenvalue weighted by Gasteiger charge is -2.28. The SMILES string of the molecule is COCCN(C(=O)Cn1ccnc1Cl)C1CCS(=O)(=O)C1. The maximum atomic E-state index is 12.4. The summed E-state index contributed by atoms with van der Waals surface area (Å²) in [5, 5.41) is 0.231. The van der Waals surface area contributed by atoms with E-state index >= 15 is 0 Å². The van der Waals surface area contributed by atoms with Crippen molar-refractivity contribution in [2.45, 2.75) is 19.0 Å². The van der Waals surface area contributed by atoms with E-state index in [1.165, 1.54) is 10.8 Å². The van der Waals surface area contributed by atoms with Gasteiger partial charge < -0.3 is 14.2 Å². The summed E-state index contributed by atoms with van der Waals surface area (Å²) in [5.74, 6) is -0.0468. The van der Waals surface area contributed by atoms with E-state index in [0.717, 1.165) is 0 Å². The molecular weight excluding hydrogens is 318 g/mol. The second-order valence-corrected chi connectivity index (χ2v) is 7.53. The standard InChI is InChI=1S/C12H18ClN3O4S/c1-20-6-5-16(10-2-7-21(18,19)9-10)11(17)8-15-4-3-14-12(15)13/h3-4,10H,2,5-9H2,1H3. The van der Waals surface area contributed by atoms with Gasteiger partial charge in [-0.3, -0.25) is 4.79 Å². The molecule has 1 aromatic heterocycles. The molecule has 1 amide bonds. The monoisotopic (exact) mass is 335 g/mol. The van der Waals surface area contributed by atoms with Gasteiger partial charge in [0, 0.05) is 32.1 Å². The average Bonchev–Trinajstić information content (AvgIpc) is 2.97. The first kappa shape index (κ1) is 16.3. The first-order valence-corrected chi connectivity index (χ1v) is 8.78. The van der Waals surface area contributed by atoms with Crippen molar-refractivity contribution in [3.63, 3.8) is 0 Å². The summed E-state index contributed by atoms with van der Waals surface area (Å²) < 4.78 is 29.7. The lowest BCUT2D eigenvalue weighted by Crippen LogP contribution is -2.44. The summed E-state index contributed by atoms with van der Waals surface area (Å²) in [5.41, 5.74) is 0. The number of amides is 1. The number of imidazole rings is 1. The quantitative estimate of drug-likeness (QED) is 0.741. The molecule has 0 saturated carbocycles. The summed E-state index contributed by atoms with van der Waals surface area (Å²) in [6.07, 6.45) is 3.59. The Morgan fingerprint density at radius 3 is 2.90 bits per heavy atom. The third-order valence-electron chi connectivity index (χ3n) is 3.48. The zero-order chi connectivity index (χ0) is 15.5. The van der Waals surface area contributed by atoms with Gasteiger partial charge in [-0.1, -0.05) is 0 Å². The second kappa shape index (κ2) is 6.76. The predicted molar refractivity (Wildman–Crippen MR) is 77.9 cm³/mol. The number of hydrogen-bond acceptors (Lipinski definition) is 5. The van der Waals surface area contributed by atoms with Crippen LogP contribution in [-0.2, 0) is 25.9 Å². The number of sulfone groups is 1. The lowest BCUT2D eigenvalue weighted by atomic mass is 10.2. The molecule has 1 saturated heterocycles. The van der Waals surface area contributed by atoms with Crippen molar-refractivity contribution in [2.75, 3.05) is 31.8 Å². The van der Waals surface area contributed by atoms with Gasteiger partial charge in [-0.15, -0.1) is 0 Å². The first-order chi connectivity index (χ1) is 9.93. The van der Waals surface area contributed by atoms with Crippen LogP contribution in [-0.4, -0.2) is 66.6 Å². The lowest BCUT2D eigenvalue weighted by molar-refractivity contribution is -0.134. The number of hydrogen-bond donors (Lipinski definition) is 0. The number of aromatic nitrogens is 2. The van der Waals surface area contributed by atoms with Crippen LogP contribution >= 0.6 is 11.6 Å². The summed E-state index contributed by atoms with van der Waals surface area (Å²) in [7, 11) is -1.51. The molecule has 21 heavy (non-hydrogen) atoms. The summed E-state index contributed by atoms with van der Waals surface area (Å²) >= 11 is 5.86. The van der Waals surface area contributed by atoms with Crippen molar-refractivity contribution in [3.8, 4) is 0 Å². The van der Waals surface area contributed by atoms with Crippen LogP contribution in [0.1, 0.15) is 6.42 Å². The minimum Gasteiger partial charge on any atom is -0.383 e. The molecule has 0 radical (unpaired) electrons. The first-order valence-electron chi connectivity index (χ1n) is 6.58. The molecule has 2 rings (SSSR count). The molecule has 0 N–H and O–H groups in total. The number of rotatable bonds is 6. The highest BCUT2D eigenvalue weighted by Crippen LogP contribution is 2.18. The molecule has 1 atom stereocenters. The summed E-state index contributed by atoms with van der Waals surface area (Å²) in [6, 6.07) is -0.292. The molecule has 0 spiro atoms. The maximum absolute atomic E-state index is 12.4. The smallest absolute Gasteiger partial charge is 0.242 e. The Balaban J connectivity index is 2.08. The van der Waals surface area contributed by atoms with Crippen molar-refractivity contribution >= 4 is 27.3 Å². The van der Waals surface area contributed by atoms with Crippen LogP contribution in [0.15, 0.2) is 12.4 Å². The molecule has 7 nitrogen and oxygen atoms in total. The average molecular weight is 336 g/mol. The number of nitrogens with zero attached hydrogens (tertiary/aromatic N) is 3. The van der Waals surface area contributed by atoms with E-state index in [0.29, 0.717) is 19.6 Å². The molecule has 2 heterocycles. The van der Waals surface area contributed by atoms with Gasteiger partial charge in [-0.05, 0) is 18.0 Å². The van der Waals surface area contributed by atoms with Gasteiger partial charge in [0.05, 0.1) is 18.1 Å². The minimum absolute atomic E-state index is 0.0140. The van der Waals surface area contributed by atoms with Gasteiger partial charge in [-0.2, -0.15) is 0 Å². The third-order valence-corrected chi connectivity index (χ3v) is 5.54. The van der Waals surface area contributed by atoms with Crippen molar-refractivity contribution < 1.29 is 17.9 Å². The molecule has 1 aliphatic heterocycles. The Kier molecular flexibility index (Phi) is 5.23. The predicted octanol–water partition coefficient (Wildman–Crippen LogP) is 0.199. The van der Waals surface area contributed by atoms with Crippen LogP contribution in [0.3, 0.4) is 0 Å². The van der Waals surface area contributed by atoms with Crippen LogP contribution < -0.4 is 0 Å². The van der Waals surface area contributed by atoms with E-state index in [-0.39, 0.29) is 35.3 Å². The van der Waals surface area contributed by atoms with E-state index in [9.17, 15) is 13.2 Å². The fraction of sp³-hybridized carbons (Fsp3) is 0.667. The molecule has 1 fully saturated rings. The van der Waals surface area contributed by atoms with Crippen LogP contribution in [0, 0.1) is 0 Å². The number of carbonyl (C=O) groups is 1. The summed E-state index contributed by atoms with van der Waals surface area (Å²) in [4.78, 5) is 17.9. The van der Waals surface area contributed by atoms with Crippen LogP contribution in [0.25, 0.3) is 0 Å². The third kappa shape index (κ3) is 4.18. The zero-order valence-corrected chi connectivity index (χ0v) is 13.3. The highest BCUT2D eigenvalue weighted by Gasteiger charge is 2.34. The summed E-state index contributed by atoms with van der Waals surface area (Å²) in [6.45, 7) is 0.765. The van der Waals surface area contributed by atoms with Crippen LogP contribution in [0.2, 0.25) is 5.28 Å². The number of halogens is 1. The highest BCUT2D eigenvalue weighted by molar-refractivity contribution is 7.91. The van der Waals surface area contributed by atoms with Crippen molar-refractivity contribution in [1.82, 2.24) is 14.5 Å². The van der Waals surface area contributed by atoms with Gasteiger partial charge in [0.2, 0.25) is 11.2 Å². The minimum atomic E-state index is -3.05. The Morgan fingerprint density at radius 1 is 1.62 bits per heavy atom. The molecule has 1 unspecified atom stereocenters. The maximum Gasteiger partial charge on any atom is 0.242 e. The second-order valence-electron chi connectivity index (χ2n) is 4.96. The fourth-order valence-corrected chi connectivity index (χ4v) is 4.29. The Morgan fingerprint density at radius 2 is 2.38 bits per heavy atom. The topological polar surface area (TPSA) is 81.5 Å². The number of ether oxygens (including phenoxy) is 1. The molecule has 0 bridgehead atoms. The molecule has 9 heteroatoms. The Labute approximate surface area is 128 Å².